The van der Waals surface area contributed by atoms with Crippen LogP contribution in [0.25, 0.3) is 11.0 Å². The number of fused-ring (bicyclic) bond motifs is 1. The average Bonchev–Trinajstić information content (AvgIpc) is 3.46. The Hall–Kier alpha value is -3.23. The minimum absolute atomic E-state index is 0.227. The van der Waals surface area contributed by atoms with Gasteiger partial charge in [-0.3, -0.25) is 9.78 Å². The van der Waals surface area contributed by atoms with E-state index in [4.69, 9.17) is 21.0 Å². The summed E-state index contributed by atoms with van der Waals surface area (Å²) in [5.74, 6) is 1.30. The van der Waals surface area contributed by atoms with Crippen LogP contribution in [0.3, 0.4) is 0 Å². The van der Waals surface area contributed by atoms with Crippen molar-refractivity contribution in [3.8, 4) is 0 Å². The number of halogens is 1. The van der Waals surface area contributed by atoms with E-state index >= 15 is 0 Å². The van der Waals surface area contributed by atoms with E-state index in [1.165, 1.54) is 11.8 Å². The van der Waals surface area contributed by atoms with E-state index in [9.17, 15) is 4.79 Å². The van der Waals surface area contributed by atoms with Gasteiger partial charge in [0.15, 0.2) is 11.6 Å². The number of nitrogens with one attached hydrogen (secondary N) is 2. The highest BCUT2D eigenvalue weighted by Crippen LogP contribution is 2.17. The third-order valence-electron chi connectivity index (χ3n) is 5.55. The molecule has 0 radical (unpaired) electrons. The molecular formula is C25H29ClN6O2. The Morgan fingerprint density at radius 1 is 1.12 bits per heavy atom. The second-order valence-electron chi connectivity index (χ2n) is 8.01. The van der Waals surface area contributed by atoms with Gasteiger partial charge in [-0.1, -0.05) is 37.1 Å². The molecule has 0 aliphatic heterocycles. The molecule has 0 atom stereocenters. The van der Waals surface area contributed by atoms with E-state index in [0.717, 1.165) is 43.7 Å². The van der Waals surface area contributed by atoms with Gasteiger partial charge in [0, 0.05) is 38.7 Å². The third-order valence-corrected chi connectivity index (χ3v) is 5.89. The lowest BCUT2D eigenvalue weighted by molar-refractivity contribution is 0.0945. The van der Waals surface area contributed by atoms with Gasteiger partial charge in [0.1, 0.15) is 12.1 Å². The molecular weight excluding hydrogens is 452 g/mol. The molecule has 8 nitrogen and oxygen atoms in total. The maximum Gasteiger partial charge on any atom is 0.273 e. The number of carbonyl (C=O) groups excluding carboxylic acids is 1. The maximum atomic E-state index is 12.3. The van der Waals surface area contributed by atoms with Gasteiger partial charge in [0.2, 0.25) is 0 Å². The van der Waals surface area contributed by atoms with Crippen molar-refractivity contribution in [1.29, 1.82) is 0 Å². The van der Waals surface area contributed by atoms with Crippen molar-refractivity contribution >= 4 is 28.5 Å². The lowest BCUT2D eigenvalue weighted by atomic mass is 10.3. The molecule has 3 aromatic heterocycles. The summed E-state index contributed by atoms with van der Waals surface area (Å²) < 4.78 is 7.79. The molecule has 0 aliphatic rings. The van der Waals surface area contributed by atoms with Gasteiger partial charge in [0.25, 0.3) is 5.91 Å². The Labute approximate surface area is 203 Å². The molecule has 2 N–H and O–H groups in total. The number of imidazole rings is 1. The average molecular weight is 481 g/mol. The number of hydrogen-bond acceptors (Lipinski definition) is 6. The fraction of sp³-hybridized carbons (Fsp3) is 0.360. The summed E-state index contributed by atoms with van der Waals surface area (Å²) in [5, 5.41) is 6.70. The third kappa shape index (κ3) is 6.01. The van der Waals surface area contributed by atoms with Gasteiger partial charge < -0.3 is 19.6 Å². The minimum Gasteiger partial charge on any atom is -0.448 e. The van der Waals surface area contributed by atoms with Crippen LogP contribution in [0.4, 0.5) is 0 Å². The quantitative estimate of drug-likeness (QED) is 0.295. The fourth-order valence-corrected chi connectivity index (χ4v) is 3.92. The van der Waals surface area contributed by atoms with Crippen LogP contribution in [0.1, 0.15) is 47.7 Å². The molecule has 34 heavy (non-hydrogen) atoms. The summed E-state index contributed by atoms with van der Waals surface area (Å²) in [6, 6.07) is 11.8. The second-order valence-corrected chi connectivity index (χ2v) is 8.42. The summed E-state index contributed by atoms with van der Waals surface area (Å²) in [7, 11) is 0. The molecule has 0 bridgehead atoms. The first-order valence-electron chi connectivity index (χ1n) is 11.6. The van der Waals surface area contributed by atoms with Crippen LogP contribution in [-0.4, -0.2) is 38.5 Å². The highest BCUT2D eigenvalue weighted by Gasteiger charge is 2.13. The second kappa shape index (κ2) is 11.8. The number of hydrogen-bond donors (Lipinski definition) is 2. The number of pyridine rings is 1. The van der Waals surface area contributed by atoms with Crippen molar-refractivity contribution in [1.82, 2.24) is 30.2 Å². The van der Waals surface area contributed by atoms with E-state index in [-0.39, 0.29) is 18.1 Å². The molecule has 0 fully saturated rings. The molecule has 1 amide bonds. The minimum atomic E-state index is -0.323. The standard InChI is InChI=1S/C25H29ClN6O2/c1-2-3-15-32-22-9-5-4-8-19(22)30-23(32)10-13-27-14-11-24-31-21(17-34-24)25(33)29-16-20-18(26)7-6-12-28-20/h4-9,12,17,27H,2-3,10-11,13-16H2,1H3,(H,29,33). The summed E-state index contributed by atoms with van der Waals surface area (Å²) >= 11 is 6.07. The number of aryl methyl sites for hydroxylation is 1. The first-order valence-corrected chi connectivity index (χ1v) is 12.0. The number of carbonyl (C=O) groups is 1. The summed E-state index contributed by atoms with van der Waals surface area (Å²) in [4.78, 5) is 25.6. The zero-order chi connectivity index (χ0) is 23.8. The van der Waals surface area contributed by atoms with Crippen molar-refractivity contribution in [3.05, 3.63) is 77.0 Å². The number of oxazole rings is 1. The predicted molar refractivity (Wildman–Crippen MR) is 132 cm³/mol. The number of aromatic nitrogens is 4. The highest BCUT2D eigenvalue weighted by atomic mass is 35.5. The molecule has 0 spiro atoms. The summed E-state index contributed by atoms with van der Waals surface area (Å²) in [6.07, 6.45) is 6.72. The summed E-state index contributed by atoms with van der Waals surface area (Å²) in [5.41, 5.74) is 3.09. The Balaban J connectivity index is 1.23. The van der Waals surface area contributed by atoms with Crippen LogP contribution in [0.5, 0.6) is 0 Å². The van der Waals surface area contributed by atoms with Crippen LogP contribution in [0.2, 0.25) is 5.02 Å². The van der Waals surface area contributed by atoms with E-state index in [1.54, 1.807) is 18.3 Å². The molecule has 4 aromatic rings. The fourth-order valence-electron chi connectivity index (χ4n) is 3.74. The molecule has 178 valence electrons. The van der Waals surface area contributed by atoms with Crippen LogP contribution in [0, 0.1) is 0 Å². The molecule has 4 rings (SSSR count). The van der Waals surface area contributed by atoms with Gasteiger partial charge in [-0.15, -0.1) is 0 Å². The van der Waals surface area contributed by atoms with Crippen LogP contribution in [0.15, 0.2) is 53.3 Å². The van der Waals surface area contributed by atoms with Gasteiger partial charge in [0.05, 0.1) is 28.3 Å². The molecule has 0 aliphatic carbocycles. The molecule has 0 saturated heterocycles. The van der Waals surface area contributed by atoms with Crippen molar-refractivity contribution < 1.29 is 9.21 Å². The van der Waals surface area contributed by atoms with Gasteiger partial charge in [-0.25, -0.2) is 9.97 Å². The largest absolute Gasteiger partial charge is 0.448 e. The number of rotatable bonds is 12. The van der Waals surface area contributed by atoms with E-state index < -0.39 is 0 Å². The van der Waals surface area contributed by atoms with Crippen molar-refractivity contribution in [3.63, 3.8) is 0 Å². The first kappa shape index (κ1) is 23.9. The number of amides is 1. The Kier molecular flexibility index (Phi) is 8.27. The van der Waals surface area contributed by atoms with Crippen LogP contribution in [-0.2, 0) is 25.9 Å². The monoisotopic (exact) mass is 480 g/mol. The highest BCUT2D eigenvalue weighted by molar-refractivity contribution is 6.31. The van der Waals surface area contributed by atoms with Crippen molar-refractivity contribution in [2.45, 2.75) is 45.7 Å². The zero-order valence-electron chi connectivity index (χ0n) is 19.3. The number of nitrogens with zero attached hydrogens (tertiary/aromatic N) is 4. The lowest BCUT2D eigenvalue weighted by Gasteiger charge is -2.09. The Bertz CT molecular complexity index is 1240. The SMILES string of the molecule is CCCCn1c(CCNCCc2nc(C(=O)NCc3ncccc3Cl)co2)nc2ccccc21. The molecule has 9 heteroatoms. The van der Waals surface area contributed by atoms with Crippen molar-refractivity contribution in [2.75, 3.05) is 13.1 Å². The van der Waals surface area contributed by atoms with E-state index in [2.05, 4.69) is 50.3 Å². The number of para-hydroxylation sites is 2. The molecule has 3 heterocycles. The molecule has 0 unspecified atom stereocenters. The molecule has 0 saturated carbocycles. The van der Waals surface area contributed by atoms with Crippen LogP contribution < -0.4 is 10.6 Å². The van der Waals surface area contributed by atoms with Crippen LogP contribution >= 0.6 is 11.6 Å². The van der Waals surface area contributed by atoms with E-state index in [1.807, 2.05) is 6.07 Å². The smallest absolute Gasteiger partial charge is 0.273 e. The Morgan fingerprint density at radius 2 is 1.97 bits per heavy atom. The summed E-state index contributed by atoms with van der Waals surface area (Å²) in [6.45, 7) is 4.91. The van der Waals surface area contributed by atoms with Gasteiger partial charge in [-0.05, 0) is 30.7 Å². The van der Waals surface area contributed by atoms with Crippen molar-refractivity contribution in [2.24, 2.45) is 0 Å². The zero-order valence-corrected chi connectivity index (χ0v) is 20.0. The number of unbranched alkanes of at least 4 members (excludes halogenated alkanes) is 1. The molecule has 1 aromatic carbocycles. The van der Waals surface area contributed by atoms with E-state index in [0.29, 0.717) is 29.6 Å². The maximum absolute atomic E-state index is 12.3. The van der Waals surface area contributed by atoms with Gasteiger partial charge in [-0.2, -0.15) is 0 Å². The predicted octanol–water partition coefficient (Wildman–Crippen LogP) is 4.18. The number of benzene rings is 1. The Morgan fingerprint density at radius 3 is 2.82 bits per heavy atom. The topological polar surface area (TPSA) is 97.9 Å². The lowest BCUT2D eigenvalue weighted by Crippen LogP contribution is -2.24. The first-order chi connectivity index (χ1) is 16.7. The van der Waals surface area contributed by atoms with Gasteiger partial charge >= 0.3 is 0 Å². The normalized spacial score (nSPS) is 11.2.